The molecule has 2 N–H and O–H groups in total. The third kappa shape index (κ3) is 4.07. The fraction of sp³-hybridized carbons (Fsp3) is 0.538. The molecular weight excluding hydrogens is 264 g/mol. The number of furan rings is 1. The Bertz CT molecular complexity index is 465. The highest BCUT2D eigenvalue weighted by molar-refractivity contribution is 5.78. The molecule has 1 fully saturated rings. The molecule has 1 aromatic rings. The maximum absolute atomic E-state index is 11.7. The number of rotatable bonds is 7. The van der Waals surface area contributed by atoms with Crippen LogP contribution in [0.3, 0.4) is 0 Å². The van der Waals surface area contributed by atoms with Crippen LogP contribution in [0.5, 0.6) is 0 Å². The number of hydrogen-bond acceptors (Lipinski definition) is 5. The Morgan fingerprint density at radius 2 is 2.30 bits per heavy atom. The third-order valence-electron chi connectivity index (χ3n) is 3.07. The number of hydrogen-bond donors (Lipinski definition) is 2. The molecule has 0 bridgehead atoms. The van der Waals surface area contributed by atoms with Gasteiger partial charge in [-0.2, -0.15) is 0 Å². The molecule has 7 heteroatoms. The summed E-state index contributed by atoms with van der Waals surface area (Å²) < 4.78 is 10.4. The van der Waals surface area contributed by atoms with Crippen LogP contribution in [-0.2, 0) is 20.9 Å². The van der Waals surface area contributed by atoms with E-state index in [0.717, 1.165) is 0 Å². The van der Waals surface area contributed by atoms with Crippen LogP contribution in [-0.4, -0.2) is 53.7 Å². The number of aliphatic carboxylic acids is 1. The van der Waals surface area contributed by atoms with E-state index in [0.29, 0.717) is 25.4 Å². The van der Waals surface area contributed by atoms with Crippen LogP contribution in [0.2, 0.25) is 0 Å². The van der Waals surface area contributed by atoms with Gasteiger partial charge in [0, 0.05) is 13.1 Å². The van der Waals surface area contributed by atoms with Crippen molar-refractivity contribution in [1.29, 1.82) is 0 Å². The summed E-state index contributed by atoms with van der Waals surface area (Å²) in [6.07, 6.45) is 1.56. The molecule has 110 valence electrons. The number of nitrogens with zero attached hydrogens (tertiary/aromatic N) is 1. The maximum Gasteiger partial charge on any atom is 0.329 e. The molecule has 0 aliphatic carbocycles. The first-order chi connectivity index (χ1) is 9.47. The van der Waals surface area contributed by atoms with E-state index in [1.165, 1.54) is 0 Å². The van der Waals surface area contributed by atoms with E-state index >= 15 is 0 Å². The molecule has 0 spiro atoms. The summed E-state index contributed by atoms with van der Waals surface area (Å²) in [6, 6.07) is 3.56. The summed E-state index contributed by atoms with van der Waals surface area (Å²) in [5.74, 6) is -0.376. The summed E-state index contributed by atoms with van der Waals surface area (Å²) in [6.45, 7) is 3.27. The van der Waals surface area contributed by atoms with E-state index in [1.807, 2.05) is 11.8 Å². The van der Waals surface area contributed by atoms with Crippen LogP contribution in [0.4, 0.5) is 0 Å². The predicted octanol–water partition coefficient (Wildman–Crippen LogP) is 0.0713. The van der Waals surface area contributed by atoms with E-state index in [4.69, 9.17) is 14.3 Å². The lowest BCUT2D eigenvalue weighted by molar-refractivity contribution is -0.166. The Morgan fingerprint density at radius 3 is 2.90 bits per heavy atom. The molecule has 0 radical (unpaired) electrons. The van der Waals surface area contributed by atoms with Gasteiger partial charge in [0.1, 0.15) is 12.4 Å². The van der Waals surface area contributed by atoms with Crippen molar-refractivity contribution in [3.05, 3.63) is 24.2 Å². The van der Waals surface area contributed by atoms with E-state index in [9.17, 15) is 9.59 Å². The van der Waals surface area contributed by atoms with Crippen LogP contribution in [0, 0.1) is 0 Å². The number of carbonyl (C=O) groups is 2. The highest BCUT2D eigenvalue weighted by Gasteiger charge is 2.40. The van der Waals surface area contributed by atoms with Crippen molar-refractivity contribution < 1.29 is 23.8 Å². The van der Waals surface area contributed by atoms with Crippen LogP contribution >= 0.6 is 0 Å². The SMILES string of the molecule is CC1(OCC(=O)O)CN(CC(=O)NCc2ccco2)C1. The van der Waals surface area contributed by atoms with Crippen LogP contribution in [0.25, 0.3) is 0 Å². The Labute approximate surface area is 116 Å². The minimum absolute atomic E-state index is 0.0957. The second kappa shape index (κ2) is 6.06. The zero-order chi connectivity index (χ0) is 14.6. The summed E-state index contributed by atoms with van der Waals surface area (Å²) in [5, 5.41) is 11.3. The van der Waals surface area contributed by atoms with Crippen LogP contribution in [0.1, 0.15) is 12.7 Å². The van der Waals surface area contributed by atoms with Gasteiger partial charge in [-0.1, -0.05) is 0 Å². The average Bonchev–Trinajstić information content (AvgIpc) is 2.85. The molecule has 1 aromatic heterocycles. The monoisotopic (exact) mass is 282 g/mol. The van der Waals surface area contributed by atoms with Gasteiger partial charge in [-0.3, -0.25) is 9.69 Å². The maximum atomic E-state index is 11.7. The standard InChI is InChI=1S/C13H18N2O5/c1-13(20-7-12(17)18)8-15(9-13)6-11(16)14-5-10-3-2-4-19-10/h2-4H,5-9H2,1H3,(H,14,16)(H,17,18). The topological polar surface area (TPSA) is 92.0 Å². The molecule has 2 heterocycles. The molecule has 0 unspecified atom stereocenters. The Kier molecular flexibility index (Phi) is 4.41. The van der Waals surface area contributed by atoms with E-state index in [1.54, 1.807) is 18.4 Å². The first kappa shape index (κ1) is 14.5. The second-order valence-corrected chi connectivity index (χ2v) is 5.13. The van der Waals surface area contributed by atoms with Crippen LogP contribution in [0.15, 0.2) is 22.8 Å². The quantitative estimate of drug-likeness (QED) is 0.735. The van der Waals surface area contributed by atoms with Crippen molar-refractivity contribution in [1.82, 2.24) is 10.2 Å². The number of carboxylic acid groups (broad SMARTS) is 1. The van der Waals surface area contributed by atoms with Gasteiger partial charge < -0.3 is 19.6 Å². The summed E-state index contributed by atoms with van der Waals surface area (Å²) >= 11 is 0. The normalized spacial score (nSPS) is 17.4. The molecule has 0 saturated carbocycles. The number of carboxylic acids is 1. The molecule has 0 aromatic carbocycles. The summed E-state index contributed by atoms with van der Waals surface area (Å²) in [7, 11) is 0. The van der Waals surface area contributed by atoms with Crippen molar-refractivity contribution in [3.63, 3.8) is 0 Å². The molecule has 1 amide bonds. The molecule has 1 aliphatic rings. The molecule has 20 heavy (non-hydrogen) atoms. The van der Waals surface area contributed by atoms with Crippen molar-refractivity contribution in [2.45, 2.75) is 19.1 Å². The fourth-order valence-electron chi connectivity index (χ4n) is 2.20. The van der Waals surface area contributed by atoms with Crippen molar-refractivity contribution >= 4 is 11.9 Å². The predicted molar refractivity (Wildman–Crippen MR) is 69.0 cm³/mol. The zero-order valence-electron chi connectivity index (χ0n) is 11.3. The van der Waals surface area contributed by atoms with Gasteiger partial charge in [-0.25, -0.2) is 4.79 Å². The van der Waals surface area contributed by atoms with E-state index in [-0.39, 0.29) is 19.1 Å². The van der Waals surface area contributed by atoms with Gasteiger partial charge >= 0.3 is 5.97 Å². The molecule has 7 nitrogen and oxygen atoms in total. The van der Waals surface area contributed by atoms with E-state index < -0.39 is 11.6 Å². The van der Waals surface area contributed by atoms with Gasteiger partial charge in [0.05, 0.1) is 25.0 Å². The number of likely N-dealkylation sites (tertiary alicyclic amines) is 1. The first-order valence-electron chi connectivity index (χ1n) is 6.34. The van der Waals surface area contributed by atoms with Gasteiger partial charge in [0.2, 0.25) is 5.91 Å². The minimum atomic E-state index is -0.985. The Hall–Kier alpha value is -1.86. The highest BCUT2D eigenvalue weighted by Crippen LogP contribution is 2.23. The minimum Gasteiger partial charge on any atom is -0.480 e. The van der Waals surface area contributed by atoms with Crippen molar-refractivity contribution in [3.8, 4) is 0 Å². The fourth-order valence-corrected chi connectivity index (χ4v) is 2.20. The summed E-state index contributed by atoms with van der Waals surface area (Å²) in [5.41, 5.74) is -0.473. The lowest BCUT2D eigenvalue weighted by Gasteiger charge is -2.46. The Balaban J connectivity index is 1.63. The van der Waals surface area contributed by atoms with Gasteiger partial charge in [-0.05, 0) is 19.1 Å². The lowest BCUT2D eigenvalue weighted by Crippen LogP contribution is -2.63. The number of nitrogens with one attached hydrogen (secondary N) is 1. The average molecular weight is 282 g/mol. The summed E-state index contributed by atoms with van der Waals surface area (Å²) in [4.78, 5) is 24.0. The zero-order valence-corrected chi connectivity index (χ0v) is 11.3. The van der Waals surface area contributed by atoms with Gasteiger partial charge in [0.25, 0.3) is 0 Å². The Morgan fingerprint density at radius 1 is 1.55 bits per heavy atom. The van der Waals surface area contributed by atoms with Crippen LogP contribution < -0.4 is 5.32 Å². The van der Waals surface area contributed by atoms with Crippen molar-refractivity contribution in [2.75, 3.05) is 26.2 Å². The highest BCUT2D eigenvalue weighted by atomic mass is 16.5. The lowest BCUT2D eigenvalue weighted by atomic mass is 9.96. The molecule has 2 rings (SSSR count). The van der Waals surface area contributed by atoms with Gasteiger partial charge in [-0.15, -0.1) is 0 Å². The third-order valence-corrected chi connectivity index (χ3v) is 3.07. The number of amides is 1. The molecule has 1 aliphatic heterocycles. The smallest absolute Gasteiger partial charge is 0.329 e. The van der Waals surface area contributed by atoms with E-state index in [2.05, 4.69) is 5.32 Å². The largest absolute Gasteiger partial charge is 0.480 e. The number of ether oxygens (including phenoxy) is 1. The molecule has 1 saturated heterocycles. The number of carbonyl (C=O) groups excluding carboxylic acids is 1. The van der Waals surface area contributed by atoms with Gasteiger partial charge in [0.15, 0.2) is 0 Å². The molecular formula is C13H18N2O5. The van der Waals surface area contributed by atoms with Crippen molar-refractivity contribution in [2.24, 2.45) is 0 Å². The second-order valence-electron chi connectivity index (χ2n) is 5.13. The molecule has 0 atom stereocenters. The first-order valence-corrected chi connectivity index (χ1v) is 6.34.